The minimum Gasteiger partial charge on any atom is -0.484 e. The molecule has 1 unspecified atom stereocenters. The van der Waals surface area contributed by atoms with Gasteiger partial charge in [0.2, 0.25) is 5.89 Å². The highest BCUT2D eigenvalue weighted by atomic mass is 35.5. The van der Waals surface area contributed by atoms with Crippen molar-refractivity contribution in [2.75, 3.05) is 13.2 Å². The van der Waals surface area contributed by atoms with Gasteiger partial charge in [-0.25, -0.2) is 4.98 Å². The molecule has 0 saturated carbocycles. The van der Waals surface area contributed by atoms with Crippen molar-refractivity contribution in [2.45, 2.75) is 18.9 Å². The lowest BCUT2D eigenvalue weighted by Gasteiger charge is -2.22. The fraction of sp³-hybridized carbons (Fsp3) is 0.208. The van der Waals surface area contributed by atoms with Crippen molar-refractivity contribution in [3.05, 3.63) is 77.9 Å². The van der Waals surface area contributed by atoms with Gasteiger partial charge in [-0.1, -0.05) is 23.7 Å². The number of pyridine rings is 1. The zero-order valence-corrected chi connectivity index (χ0v) is 17.5. The van der Waals surface area contributed by atoms with E-state index in [1.165, 1.54) is 0 Å². The zero-order valence-electron chi connectivity index (χ0n) is 16.7. The molecule has 1 aliphatic heterocycles. The van der Waals surface area contributed by atoms with Gasteiger partial charge in [-0.2, -0.15) is 0 Å². The number of halogens is 1. The molecule has 6 nitrogen and oxygen atoms in total. The highest BCUT2D eigenvalue weighted by molar-refractivity contribution is 6.30. The average molecular weight is 434 g/mol. The van der Waals surface area contributed by atoms with E-state index in [2.05, 4.69) is 4.98 Å². The summed E-state index contributed by atoms with van der Waals surface area (Å²) in [6.07, 6.45) is 5.28. The Labute approximate surface area is 184 Å². The average Bonchev–Trinajstić information content (AvgIpc) is 3.45. The van der Waals surface area contributed by atoms with Gasteiger partial charge < -0.3 is 14.1 Å². The number of hydrogen-bond donors (Lipinski definition) is 0. The molecule has 156 valence electrons. The highest BCUT2D eigenvalue weighted by Gasteiger charge is 2.33. The van der Waals surface area contributed by atoms with Crippen LogP contribution in [0.4, 0.5) is 0 Å². The van der Waals surface area contributed by atoms with E-state index in [-0.39, 0.29) is 18.6 Å². The quantitative estimate of drug-likeness (QED) is 0.428. The SMILES string of the molecule is O=C(COc1ccc(Cl)cc1)N1CCCC1c1nc2cc(-c3cccnc3)ccc2o1. The van der Waals surface area contributed by atoms with Crippen molar-refractivity contribution in [3.8, 4) is 16.9 Å². The molecule has 1 fully saturated rings. The number of ether oxygens (including phenoxy) is 1. The Balaban J connectivity index is 1.33. The topological polar surface area (TPSA) is 68.5 Å². The van der Waals surface area contributed by atoms with Crippen LogP contribution >= 0.6 is 11.6 Å². The van der Waals surface area contributed by atoms with Crippen molar-refractivity contribution < 1.29 is 13.9 Å². The number of fused-ring (bicyclic) bond motifs is 1. The number of benzene rings is 2. The molecule has 0 radical (unpaired) electrons. The van der Waals surface area contributed by atoms with Crippen molar-refractivity contribution in [1.29, 1.82) is 0 Å². The molecule has 31 heavy (non-hydrogen) atoms. The number of rotatable bonds is 5. The van der Waals surface area contributed by atoms with Crippen LogP contribution in [0.3, 0.4) is 0 Å². The molecule has 4 aromatic rings. The largest absolute Gasteiger partial charge is 0.484 e. The predicted octanol–water partition coefficient (Wildman–Crippen LogP) is 5.29. The molecule has 0 aliphatic carbocycles. The summed E-state index contributed by atoms with van der Waals surface area (Å²) in [7, 11) is 0. The van der Waals surface area contributed by atoms with Crippen LogP contribution in [-0.4, -0.2) is 33.9 Å². The summed E-state index contributed by atoms with van der Waals surface area (Å²) in [5.41, 5.74) is 3.52. The maximum absolute atomic E-state index is 12.8. The normalized spacial score (nSPS) is 16.0. The molecular weight excluding hydrogens is 414 g/mol. The lowest BCUT2D eigenvalue weighted by atomic mass is 10.1. The minimum atomic E-state index is -0.185. The van der Waals surface area contributed by atoms with Crippen molar-refractivity contribution in [2.24, 2.45) is 0 Å². The van der Waals surface area contributed by atoms with E-state index in [0.717, 1.165) is 29.5 Å². The second kappa shape index (κ2) is 8.40. The van der Waals surface area contributed by atoms with Crippen molar-refractivity contribution in [3.63, 3.8) is 0 Å². The molecule has 2 aromatic heterocycles. The second-order valence-electron chi connectivity index (χ2n) is 7.46. The Morgan fingerprint density at radius 2 is 2.03 bits per heavy atom. The van der Waals surface area contributed by atoms with E-state index < -0.39 is 0 Å². The molecule has 3 heterocycles. The van der Waals surface area contributed by atoms with Gasteiger partial charge in [0.1, 0.15) is 17.3 Å². The smallest absolute Gasteiger partial charge is 0.261 e. The number of carbonyl (C=O) groups excluding carboxylic acids is 1. The Kier molecular flexibility index (Phi) is 5.30. The first-order valence-corrected chi connectivity index (χ1v) is 10.5. The Bertz CT molecular complexity index is 1210. The van der Waals surface area contributed by atoms with Crippen LogP contribution < -0.4 is 4.74 Å². The minimum absolute atomic E-state index is 0.0382. The first kappa shape index (κ1) is 19.6. The number of aromatic nitrogens is 2. The number of nitrogens with zero attached hydrogens (tertiary/aromatic N) is 3. The predicted molar refractivity (Wildman–Crippen MR) is 118 cm³/mol. The van der Waals surface area contributed by atoms with Gasteiger partial charge in [0.25, 0.3) is 5.91 Å². The van der Waals surface area contributed by atoms with Gasteiger partial charge in [-0.3, -0.25) is 9.78 Å². The molecule has 0 spiro atoms. The lowest BCUT2D eigenvalue weighted by Crippen LogP contribution is -2.34. The highest BCUT2D eigenvalue weighted by Crippen LogP contribution is 2.34. The molecule has 0 bridgehead atoms. The molecular formula is C24H20ClN3O3. The van der Waals surface area contributed by atoms with Crippen LogP contribution in [0.1, 0.15) is 24.8 Å². The molecule has 5 rings (SSSR count). The number of amides is 1. The summed E-state index contributed by atoms with van der Waals surface area (Å²) in [5, 5.41) is 0.626. The van der Waals surface area contributed by atoms with E-state index in [0.29, 0.717) is 28.8 Å². The number of likely N-dealkylation sites (tertiary alicyclic amines) is 1. The van der Waals surface area contributed by atoms with E-state index in [4.69, 9.17) is 25.7 Å². The maximum Gasteiger partial charge on any atom is 0.261 e. The lowest BCUT2D eigenvalue weighted by molar-refractivity contribution is -0.134. The molecule has 2 aromatic carbocycles. The van der Waals surface area contributed by atoms with Crippen LogP contribution in [-0.2, 0) is 4.79 Å². The van der Waals surface area contributed by atoms with Gasteiger partial charge >= 0.3 is 0 Å². The van der Waals surface area contributed by atoms with Gasteiger partial charge in [-0.15, -0.1) is 0 Å². The third kappa shape index (κ3) is 4.11. The molecule has 1 atom stereocenters. The second-order valence-corrected chi connectivity index (χ2v) is 7.90. The first-order chi connectivity index (χ1) is 15.2. The van der Waals surface area contributed by atoms with Gasteiger partial charge in [0.15, 0.2) is 12.2 Å². The van der Waals surface area contributed by atoms with Crippen molar-refractivity contribution >= 4 is 28.6 Å². The van der Waals surface area contributed by atoms with Crippen LogP contribution in [0, 0.1) is 0 Å². The van der Waals surface area contributed by atoms with Crippen LogP contribution in [0.25, 0.3) is 22.2 Å². The number of oxazole rings is 1. The fourth-order valence-corrected chi connectivity index (χ4v) is 4.01. The Hall–Kier alpha value is -3.38. The monoisotopic (exact) mass is 433 g/mol. The number of carbonyl (C=O) groups is 1. The standard InChI is InChI=1S/C24H20ClN3O3/c25-18-6-8-19(9-7-18)30-15-23(29)28-12-2-4-21(28)24-27-20-13-16(5-10-22(20)31-24)17-3-1-11-26-14-17/h1,3,5-11,13-14,21H,2,4,12,15H2. The summed E-state index contributed by atoms with van der Waals surface area (Å²) in [5.74, 6) is 1.09. The third-order valence-electron chi connectivity index (χ3n) is 5.43. The summed E-state index contributed by atoms with van der Waals surface area (Å²) in [6, 6.07) is 16.6. The number of hydrogen-bond acceptors (Lipinski definition) is 5. The van der Waals surface area contributed by atoms with Crippen LogP contribution in [0.15, 0.2) is 71.4 Å². The van der Waals surface area contributed by atoms with Crippen LogP contribution in [0.2, 0.25) is 5.02 Å². The Morgan fingerprint density at radius 3 is 2.84 bits per heavy atom. The maximum atomic E-state index is 12.8. The summed E-state index contributed by atoms with van der Waals surface area (Å²) in [6.45, 7) is 0.622. The molecule has 1 amide bonds. The van der Waals surface area contributed by atoms with Gasteiger partial charge in [0.05, 0.1) is 0 Å². The van der Waals surface area contributed by atoms with E-state index in [9.17, 15) is 4.79 Å². The first-order valence-electron chi connectivity index (χ1n) is 10.2. The van der Waals surface area contributed by atoms with E-state index >= 15 is 0 Å². The molecule has 0 N–H and O–H groups in total. The summed E-state index contributed by atoms with van der Waals surface area (Å²) >= 11 is 5.89. The van der Waals surface area contributed by atoms with Gasteiger partial charge in [-0.05, 0) is 60.9 Å². The van der Waals surface area contributed by atoms with Crippen LogP contribution in [0.5, 0.6) is 5.75 Å². The summed E-state index contributed by atoms with van der Waals surface area (Å²) < 4.78 is 11.7. The molecule has 1 aliphatic rings. The summed E-state index contributed by atoms with van der Waals surface area (Å²) in [4.78, 5) is 23.5. The van der Waals surface area contributed by atoms with E-state index in [1.54, 1.807) is 35.4 Å². The molecule has 1 saturated heterocycles. The van der Waals surface area contributed by atoms with Gasteiger partial charge in [0, 0.05) is 29.5 Å². The van der Waals surface area contributed by atoms with Crippen molar-refractivity contribution in [1.82, 2.24) is 14.9 Å². The third-order valence-corrected chi connectivity index (χ3v) is 5.69. The fourth-order valence-electron chi connectivity index (χ4n) is 3.88. The Morgan fingerprint density at radius 1 is 1.16 bits per heavy atom. The van der Waals surface area contributed by atoms with E-state index in [1.807, 2.05) is 36.5 Å². The molecule has 7 heteroatoms. The zero-order chi connectivity index (χ0) is 21.2.